The van der Waals surface area contributed by atoms with Gasteiger partial charge in [-0.05, 0) is 29.3 Å². The molecule has 0 saturated carbocycles. The Labute approximate surface area is 166 Å². The average Bonchev–Trinajstić information content (AvgIpc) is 2.73. The number of aromatic nitrogens is 2. The zero-order valence-corrected chi connectivity index (χ0v) is 16.2. The molecule has 0 bridgehead atoms. The molecule has 3 aromatic rings. The molecule has 0 unspecified atom stereocenters. The summed E-state index contributed by atoms with van der Waals surface area (Å²) in [4.78, 5) is 49.5. The number of Topliss-reactive ketones (excluding diaryl/α,β-unsaturated/α-hetero) is 1. The number of hydrogen-bond donors (Lipinski definition) is 1. The van der Waals surface area contributed by atoms with Crippen LogP contribution in [0.1, 0.15) is 34.1 Å². The molecule has 0 aliphatic rings. The molecule has 1 heterocycles. The van der Waals surface area contributed by atoms with Crippen molar-refractivity contribution in [2.75, 3.05) is 12.3 Å². The summed E-state index contributed by atoms with van der Waals surface area (Å²) < 4.78 is 7.08. The molecule has 3 rings (SSSR count). The molecule has 8 nitrogen and oxygen atoms in total. The lowest BCUT2D eigenvalue weighted by Gasteiger charge is -2.14. The van der Waals surface area contributed by atoms with Crippen molar-refractivity contribution in [2.45, 2.75) is 19.9 Å². The summed E-state index contributed by atoms with van der Waals surface area (Å²) in [5.74, 6) is -1.67. The Balaban J connectivity index is 1.84. The van der Waals surface area contributed by atoms with E-state index in [-0.39, 0.29) is 23.5 Å². The van der Waals surface area contributed by atoms with E-state index in [1.165, 1.54) is 11.6 Å². The van der Waals surface area contributed by atoms with E-state index >= 15 is 0 Å². The lowest BCUT2D eigenvalue weighted by Crippen LogP contribution is -2.43. The van der Waals surface area contributed by atoms with Crippen molar-refractivity contribution in [3.05, 3.63) is 74.4 Å². The summed E-state index contributed by atoms with van der Waals surface area (Å²) in [5.41, 5.74) is 4.43. The number of nitrogens with zero attached hydrogens (tertiary/aromatic N) is 2. The third-order valence-electron chi connectivity index (χ3n) is 4.63. The molecular weight excluding hydrogens is 374 g/mol. The van der Waals surface area contributed by atoms with Gasteiger partial charge in [0, 0.05) is 13.6 Å². The van der Waals surface area contributed by atoms with Crippen LogP contribution in [-0.2, 0) is 18.3 Å². The second kappa shape index (κ2) is 8.14. The summed E-state index contributed by atoms with van der Waals surface area (Å²) in [7, 11) is 1.27. The van der Waals surface area contributed by atoms with Gasteiger partial charge >= 0.3 is 11.7 Å². The molecule has 0 radical (unpaired) electrons. The van der Waals surface area contributed by atoms with Crippen LogP contribution in [0.4, 0.5) is 5.82 Å². The van der Waals surface area contributed by atoms with Crippen LogP contribution in [-0.4, -0.2) is 27.5 Å². The molecule has 2 N–H and O–H groups in total. The Morgan fingerprint density at radius 2 is 1.76 bits per heavy atom. The van der Waals surface area contributed by atoms with Crippen LogP contribution in [0, 0.1) is 0 Å². The van der Waals surface area contributed by atoms with Gasteiger partial charge < -0.3 is 10.5 Å². The average molecular weight is 395 g/mol. The van der Waals surface area contributed by atoms with E-state index < -0.39 is 29.6 Å². The van der Waals surface area contributed by atoms with Crippen molar-refractivity contribution >= 4 is 28.3 Å². The number of ether oxygens (including phenoxy) is 1. The van der Waals surface area contributed by atoms with Crippen LogP contribution < -0.4 is 17.0 Å². The van der Waals surface area contributed by atoms with E-state index in [4.69, 9.17) is 10.5 Å². The molecule has 150 valence electrons. The zero-order chi connectivity index (χ0) is 21.1. The van der Waals surface area contributed by atoms with Crippen molar-refractivity contribution in [1.29, 1.82) is 0 Å². The van der Waals surface area contributed by atoms with Crippen LogP contribution >= 0.6 is 0 Å². The monoisotopic (exact) mass is 395 g/mol. The predicted octanol–water partition coefficient (Wildman–Crippen LogP) is 1.73. The number of nitrogens with two attached hydrogens (primary N) is 1. The Bertz CT molecular complexity index is 1220. The second-order valence-electron chi connectivity index (χ2n) is 6.62. The lowest BCUT2D eigenvalue weighted by molar-refractivity contribution is 0.0474. The molecule has 0 saturated heterocycles. The molecular formula is C21H21N3O5. The van der Waals surface area contributed by atoms with Crippen molar-refractivity contribution in [2.24, 2.45) is 7.05 Å². The van der Waals surface area contributed by atoms with E-state index in [9.17, 15) is 19.2 Å². The molecule has 1 aromatic heterocycles. The number of nitrogen functional groups attached to an aromatic ring is 1. The number of benzene rings is 2. The third kappa shape index (κ3) is 3.82. The molecule has 0 amide bonds. The SMILES string of the molecule is CCCn1c(N)c(C(=O)COC(=O)c2ccc3ccccc3c2)c(=O)n(C)c1=O. The second-order valence-corrected chi connectivity index (χ2v) is 6.62. The maximum absolute atomic E-state index is 12.6. The quantitative estimate of drug-likeness (QED) is 0.502. The van der Waals surface area contributed by atoms with Gasteiger partial charge in [0.25, 0.3) is 5.56 Å². The van der Waals surface area contributed by atoms with Crippen molar-refractivity contribution < 1.29 is 14.3 Å². The highest BCUT2D eigenvalue weighted by molar-refractivity contribution is 6.02. The Morgan fingerprint density at radius 1 is 1.07 bits per heavy atom. The van der Waals surface area contributed by atoms with E-state index in [0.717, 1.165) is 15.3 Å². The standard InChI is InChI=1S/C21H21N3O5/c1-3-10-24-18(22)17(19(26)23(2)21(24)28)16(25)12-29-20(27)15-9-8-13-6-4-5-7-14(13)11-15/h4-9,11H,3,10,12,22H2,1-2H3. The number of anilines is 1. The Kier molecular flexibility index (Phi) is 5.63. The maximum Gasteiger partial charge on any atom is 0.338 e. The van der Waals surface area contributed by atoms with Gasteiger partial charge in [-0.15, -0.1) is 0 Å². The van der Waals surface area contributed by atoms with Gasteiger partial charge in [0.05, 0.1) is 5.56 Å². The van der Waals surface area contributed by atoms with E-state index in [0.29, 0.717) is 6.42 Å². The highest BCUT2D eigenvalue weighted by Gasteiger charge is 2.22. The minimum absolute atomic E-state index is 0.216. The van der Waals surface area contributed by atoms with Gasteiger partial charge in [0.2, 0.25) is 5.78 Å². The first-order valence-corrected chi connectivity index (χ1v) is 9.13. The summed E-state index contributed by atoms with van der Waals surface area (Å²) in [6.07, 6.45) is 0.590. The molecule has 0 aliphatic carbocycles. The minimum Gasteiger partial charge on any atom is -0.454 e. The van der Waals surface area contributed by atoms with Crippen molar-refractivity contribution in [3.8, 4) is 0 Å². The fourth-order valence-corrected chi connectivity index (χ4v) is 3.09. The Hall–Kier alpha value is -3.68. The Morgan fingerprint density at radius 3 is 2.45 bits per heavy atom. The van der Waals surface area contributed by atoms with Crippen LogP contribution in [0.25, 0.3) is 10.8 Å². The summed E-state index contributed by atoms with van der Waals surface area (Å²) in [6, 6.07) is 12.6. The molecule has 8 heteroatoms. The van der Waals surface area contributed by atoms with Crippen LogP contribution in [0.5, 0.6) is 0 Å². The normalized spacial score (nSPS) is 10.8. The number of carbonyl (C=O) groups is 2. The summed E-state index contributed by atoms with van der Waals surface area (Å²) >= 11 is 0. The number of carbonyl (C=O) groups excluding carboxylic acids is 2. The maximum atomic E-state index is 12.6. The smallest absolute Gasteiger partial charge is 0.338 e. The predicted molar refractivity (Wildman–Crippen MR) is 109 cm³/mol. The fraction of sp³-hybridized carbons (Fsp3) is 0.238. The van der Waals surface area contributed by atoms with Gasteiger partial charge in [-0.2, -0.15) is 0 Å². The number of esters is 1. The zero-order valence-electron chi connectivity index (χ0n) is 16.2. The van der Waals surface area contributed by atoms with E-state index in [1.54, 1.807) is 18.2 Å². The largest absolute Gasteiger partial charge is 0.454 e. The minimum atomic E-state index is -0.813. The third-order valence-corrected chi connectivity index (χ3v) is 4.63. The molecule has 2 aromatic carbocycles. The highest BCUT2D eigenvalue weighted by atomic mass is 16.5. The van der Waals surface area contributed by atoms with Crippen LogP contribution in [0.3, 0.4) is 0 Å². The van der Waals surface area contributed by atoms with Gasteiger partial charge in [0.1, 0.15) is 11.4 Å². The summed E-state index contributed by atoms with van der Waals surface area (Å²) in [6.45, 7) is 1.44. The summed E-state index contributed by atoms with van der Waals surface area (Å²) in [5, 5.41) is 1.83. The van der Waals surface area contributed by atoms with Gasteiger partial charge in [-0.3, -0.25) is 18.7 Å². The van der Waals surface area contributed by atoms with Crippen molar-refractivity contribution in [1.82, 2.24) is 9.13 Å². The van der Waals surface area contributed by atoms with E-state index in [1.807, 2.05) is 31.2 Å². The van der Waals surface area contributed by atoms with Gasteiger partial charge in [0.15, 0.2) is 6.61 Å². The fourth-order valence-electron chi connectivity index (χ4n) is 3.09. The molecule has 0 spiro atoms. The van der Waals surface area contributed by atoms with Crippen LogP contribution in [0.2, 0.25) is 0 Å². The highest BCUT2D eigenvalue weighted by Crippen LogP contribution is 2.16. The first kappa shape index (κ1) is 20.1. The lowest BCUT2D eigenvalue weighted by atomic mass is 10.1. The number of hydrogen-bond acceptors (Lipinski definition) is 6. The first-order valence-electron chi connectivity index (χ1n) is 9.13. The van der Waals surface area contributed by atoms with Gasteiger partial charge in [-0.1, -0.05) is 37.3 Å². The van der Waals surface area contributed by atoms with E-state index in [2.05, 4.69) is 0 Å². The van der Waals surface area contributed by atoms with Gasteiger partial charge in [-0.25, -0.2) is 9.59 Å². The molecule has 0 fully saturated rings. The molecule has 29 heavy (non-hydrogen) atoms. The molecule has 0 aliphatic heterocycles. The first-order chi connectivity index (χ1) is 13.8. The number of ketones is 1. The van der Waals surface area contributed by atoms with Crippen LogP contribution in [0.15, 0.2) is 52.1 Å². The number of fused-ring (bicyclic) bond motifs is 1. The topological polar surface area (TPSA) is 113 Å². The van der Waals surface area contributed by atoms with Crippen molar-refractivity contribution in [3.63, 3.8) is 0 Å². The number of rotatable bonds is 6. The molecule has 0 atom stereocenters.